The summed E-state index contributed by atoms with van der Waals surface area (Å²) in [6, 6.07) is 7.87. The van der Waals surface area contributed by atoms with Crippen LogP contribution in [0.1, 0.15) is 6.92 Å². The number of anilines is 1. The number of fused-ring (bicyclic) bond motifs is 1. The zero-order chi connectivity index (χ0) is 11.5. The number of benzene rings is 1. The summed E-state index contributed by atoms with van der Waals surface area (Å²) in [4.78, 5) is 4.28. The van der Waals surface area contributed by atoms with Gasteiger partial charge in [0.15, 0.2) is 0 Å². The third kappa shape index (κ3) is 2.26. The Bertz CT molecular complexity index is 499. The Balaban J connectivity index is 2.45. The van der Waals surface area contributed by atoms with Crippen molar-refractivity contribution in [2.45, 2.75) is 13.0 Å². The summed E-state index contributed by atoms with van der Waals surface area (Å²) in [6.45, 7) is 2.64. The number of halogens is 1. The van der Waals surface area contributed by atoms with Crippen LogP contribution in [-0.2, 0) is 0 Å². The number of nitrogens with two attached hydrogens (primary N) is 1. The van der Waals surface area contributed by atoms with E-state index in [2.05, 4.69) is 10.3 Å². The van der Waals surface area contributed by atoms with Gasteiger partial charge in [-0.3, -0.25) is 4.98 Å². The predicted molar refractivity (Wildman–Crippen MR) is 68.9 cm³/mol. The Morgan fingerprint density at radius 3 is 3.00 bits per heavy atom. The molecule has 1 aromatic heterocycles. The third-order valence-electron chi connectivity index (χ3n) is 2.46. The third-order valence-corrected chi connectivity index (χ3v) is 2.70. The van der Waals surface area contributed by atoms with Crippen LogP contribution in [-0.4, -0.2) is 17.6 Å². The van der Waals surface area contributed by atoms with Crippen molar-refractivity contribution >= 4 is 28.2 Å². The van der Waals surface area contributed by atoms with E-state index >= 15 is 0 Å². The van der Waals surface area contributed by atoms with E-state index in [4.69, 9.17) is 17.3 Å². The van der Waals surface area contributed by atoms with E-state index in [-0.39, 0.29) is 6.04 Å². The number of hydrogen-bond donors (Lipinski definition) is 2. The number of nitrogens with one attached hydrogen (secondary N) is 1. The number of hydrogen-bond acceptors (Lipinski definition) is 3. The molecule has 0 fully saturated rings. The van der Waals surface area contributed by atoms with Gasteiger partial charge < -0.3 is 11.1 Å². The summed E-state index contributed by atoms with van der Waals surface area (Å²) in [7, 11) is 0. The highest BCUT2D eigenvalue weighted by Crippen LogP contribution is 2.24. The maximum absolute atomic E-state index is 5.92. The lowest BCUT2D eigenvalue weighted by Gasteiger charge is -2.14. The monoisotopic (exact) mass is 235 g/mol. The number of nitrogens with zero attached hydrogens (tertiary/aromatic N) is 1. The highest BCUT2D eigenvalue weighted by molar-refractivity contribution is 6.31. The first kappa shape index (κ1) is 11.2. The number of aromatic nitrogens is 1. The van der Waals surface area contributed by atoms with Crippen LogP contribution in [0.15, 0.2) is 30.5 Å². The molecule has 0 radical (unpaired) electrons. The molecule has 1 aromatic carbocycles. The van der Waals surface area contributed by atoms with Crippen molar-refractivity contribution in [1.82, 2.24) is 4.98 Å². The lowest BCUT2D eigenvalue weighted by Crippen LogP contribution is -2.25. The van der Waals surface area contributed by atoms with Gasteiger partial charge in [-0.2, -0.15) is 0 Å². The van der Waals surface area contributed by atoms with Crippen molar-refractivity contribution in [1.29, 1.82) is 0 Å². The van der Waals surface area contributed by atoms with Gasteiger partial charge in [0, 0.05) is 34.9 Å². The lowest BCUT2D eigenvalue weighted by molar-refractivity contribution is 0.805. The molecule has 0 aliphatic heterocycles. The Kier molecular flexibility index (Phi) is 3.27. The average molecular weight is 236 g/mol. The van der Waals surface area contributed by atoms with Crippen molar-refractivity contribution in [3.05, 3.63) is 35.5 Å². The molecule has 1 atom stereocenters. The Hall–Kier alpha value is -1.32. The van der Waals surface area contributed by atoms with Gasteiger partial charge in [0.05, 0.1) is 5.52 Å². The van der Waals surface area contributed by atoms with Crippen LogP contribution in [0, 0.1) is 0 Å². The van der Waals surface area contributed by atoms with Crippen LogP contribution in [0.4, 0.5) is 5.69 Å². The lowest BCUT2D eigenvalue weighted by atomic mass is 10.1. The van der Waals surface area contributed by atoms with Crippen LogP contribution < -0.4 is 11.1 Å². The first-order chi connectivity index (χ1) is 7.70. The number of rotatable bonds is 3. The molecule has 0 saturated carbocycles. The van der Waals surface area contributed by atoms with E-state index in [9.17, 15) is 0 Å². The fraction of sp³-hybridized carbons (Fsp3) is 0.250. The van der Waals surface area contributed by atoms with Gasteiger partial charge in [0.2, 0.25) is 0 Å². The predicted octanol–water partition coefficient (Wildman–Crippen LogP) is 2.65. The normalized spacial score (nSPS) is 12.7. The summed E-state index contributed by atoms with van der Waals surface area (Å²) in [6.07, 6.45) is 1.77. The molecule has 0 saturated heterocycles. The first-order valence-corrected chi connectivity index (χ1v) is 5.59. The summed E-state index contributed by atoms with van der Waals surface area (Å²) >= 11 is 5.92. The first-order valence-electron chi connectivity index (χ1n) is 5.21. The van der Waals surface area contributed by atoms with Gasteiger partial charge in [0.25, 0.3) is 0 Å². The molecule has 2 aromatic rings. The molecule has 2 rings (SSSR count). The average Bonchev–Trinajstić information content (AvgIpc) is 2.28. The van der Waals surface area contributed by atoms with Crippen molar-refractivity contribution in [3.63, 3.8) is 0 Å². The zero-order valence-corrected chi connectivity index (χ0v) is 9.83. The van der Waals surface area contributed by atoms with Gasteiger partial charge >= 0.3 is 0 Å². The zero-order valence-electron chi connectivity index (χ0n) is 9.07. The van der Waals surface area contributed by atoms with Crippen LogP contribution in [0.25, 0.3) is 10.9 Å². The van der Waals surface area contributed by atoms with Crippen molar-refractivity contribution in [2.24, 2.45) is 5.73 Å². The molecule has 0 amide bonds. The highest BCUT2D eigenvalue weighted by atomic mass is 35.5. The minimum atomic E-state index is 0.237. The molecular formula is C12H14ClN3. The summed E-state index contributed by atoms with van der Waals surface area (Å²) in [5, 5.41) is 5.11. The summed E-state index contributed by atoms with van der Waals surface area (Å²) in [5.74, 6) is 0. The van der Waals surface area contributed by atoms with Crippen molar-refractivity contribution in [2.75, 3.05) is 11.9 Å². The van der Waals surface area contributed by atoms with E-state index < -0.39 is 0 Å². The standard InChI is InChI=1S/C12H14ClN3/c1-8(7-14)16-11-4-5-15-12-6-9(13)2-3-10(11)12/h2-6,8H,7,14H2,1H3,(H,15,16). The Morgan fingerprint density at radius 2 is 2.25 bits per heavy atom. The molecule has 84 valence electrons. The molecule has 4 heteroatoms. The molecule has 1 heterocycles. The van der Waals surface area contributed by atoms with Gasteiger partial charge in [0.1, 0.15) is 0 Å². The minimum absolute atomic E-state index is 0.237. The second-order valence-electron chi connectivity index (χ2n) is 3.80. The van der Waals surface area contributed by atoms with Gasteiger partial charge in [-0.1, -0.05) is 11.6 Å². The van der Waals surface area contributed by atoms with Crippen LogP contribution in [0.3, 0.4) is 0 Å². The Labute approximate surface area is 99.6 Å². The minimum Gasteiger partial charge on any atom is -0.381 e. The van der Waals surface area contributed by atoms with Gasteiger partial charge in [-0.15, -0.1) is 0 Å². The summed E-state index contributed by atoms with van der Waals surface area (Å²) < 4.78 is 0. The topological polar surface area (TPSA) is 50.9 Å². The van der Waals surface area contributed by atoms with Crippen LogP contribution in [0.5, 0.6) is 0 Å². The number of pyridine rings is 1. The molecule has 0 bridgehead atoms. The maximum Gasteiger partial charge on any atom is 0.0737 e. The van der Waals surface area contributed by atoms with E-state index in [1.165, 1.54) is 0 Å². The van der Waals surface area contributed by atoms with E-state index in [1.807, 2.05) is 31.2 Å². The van der Waals surface area contributed by atoms with Gasteiger partial charge in [-0.25, -0.2) is 0 Å². The smallest absolute Gasteiger partial charge is 0.0737 e. The largest absolute Gasteiger partial charge is 0.381 e. The quantitative estimate of drug-likeness (QED) is 0.860. The van der Waals surface area contributed by atoms with Crippen molar-refractivity contribution < 1.29 is 0 Å². The highest BCUT2D eigenvalue weighted by Gasteiger charge is 2.04. The molecule has 16 heavy (non-hydrogen) atoms. The van der Waals surface area contributed by atoms with Crippen LogP contribution in [0.2, 0.25) is 5.02 Å². The van der Waals surface area contributed by atoms with E-state index in [0.717, 1.165) is 16.6 Å². The van der Waals surface area contributed by atoms with E-state index in [1.54, 1.807) is 6.20 Å². The SMILES string of the molecule is CC(CN)Nc1ccnc2cc(Cl)ccc12. The second-order valence-corrected chi connectivity index (χ2v) is 4.24. The van der Waals surface area contributed by atoms with Crippen LogP contribution >= 0.6 is 11.6 Å². The van der Waals surface area contributed by atoms with Crippen molar-refractivity contribution in [3.8, 4) is 0 Å². The fourth-order valence-corrected chi connectivity index (χ4v) is 1.74. The molecule has 0 aliphatic rings. The summed E-state index contributed by atoms with van der Waals surface area (Å²) in [5.41, 5.74) is 7.52. The van der Waals surface area contributed by atoms with E-state index in [0.29, 0.717) is 11.6 Å². The molecule has 3 nitrogen and oxygen atoms in total. The molecule has 0 aliphatic carbocycles. The second kappa shape index (κ2) is 4.68. The Morgan fingerprint density at radius 1 is 1.44 bits per heavy atom. The fourth-order valence-electron chi connectivity index (χ4n) is 1.57. The van der Waals surface area contributed by atoms with Gasteiger partial charge in [-0.05, 0) is 31.2 Å². The molecular weight excluding hydrogens is 222 g/mol. The maximum atomic E-state index is 5.92. The molecule has 3 N–H and O–H groups in total. The molecule has 1 unspecified atom stereocenters. The molecule has 0 spiro atoms.